The zero-order valence-electron chi connectivity index (χ0n) is 11.3. The Balaban J connectivity index is 2.08. The predicted molar refractivity (Wildman–Crippen MR) is 72.8 cm³/mol. The molecule has 0 spiro atoms. The van der Waals surface area contributed by atoms with Crippen LogP contribution >= 0.6 is 0 Å². The summed E-state index contributed by atoms with van der Waals surface area (Å²) in [4.78, 5) is 23.2. The third-order valence-electron chi connectivity index (χ3n) is 3.75. The molecular formula is C15H15FN2O3. The summed E-state index contributed by atoms with van der Waals surface area (Å²) < 4.78 is 13.0. The van der Waals surface area contributed by atoms with Gasteiger partial charge in [0.2, 0.25) is 5.91 Å². The zero-order valence-corrected chi connectivity index (χ0v) is 11.3. The summed E-state index contributed by atoms with van der Waals surface area (Å²) in [7, 11) is 0. The molecule has 0 aromatic heterocycles. The fourth-order valence-corrected chi connectivity index (χ4v) is 2.60. The number of rotatable bonds is 3. The van der Waals surface area contributed by atoms with Crippen LogP contribution in [0.3, 0.4) is 0 Å². The van der Waals surface area contributed by atoms with Gasteiger partial charge in [-0.15, -0.1) is 0 Å². The van der Waals surface area contributed by atoms with Crippen LogP contribution < -0.4 is 5.32 Å². The number of anilines is 1. The highest BCUT2D eigenvalue weighted by Crippen LogP contribution is 2.30. The molecule has 0 bridgehead atoms. The molecular weight excluding hydrogens is 275 g/mol. The number of carbonyl (C=O) groups is 2. The summed E-state index contributed by atoms with van der Waals surface area (Å²) in [6, 6.07) is 5.38. The van der Waals surface area contributed by atoms with Gasteiger partial charge in [0.1, 0.15) is 11.9 Å². The average Bonchev–Trinajstić information content (AvgIpc) is 2.49. The van der Waals surface area contributed by atoms with Crippen molar-refractivity contribution in [2.45, 2.75) is 25.7 Å². The summed E-state index contributed by atoms with van der Waals surface area (Å²) in [5, 5.41) is 20.6. The van der Waals surface area contributed by atoms with E-state index in [2.05, 4.69) is 5.32 Å². The molecule has 2 rings (SSSR count). The molecule has 0 saturated heterocycles. The van der Waals surface area contributed by atoms with Gasteiger partial charge in [-0.25, -0.2) is 4.39 Å². The van der Waals surface area contributed by atoms with Crippen LogP contribution in [0, 0.1) is 29.0 Å². The normalized spacial score (nSPS) is 21.3. The molecule has 2 atom stereocenters. The number of halogens is 1. The second kappa shape index (κ2) is 6.35. The Kier molecular flexibility index (Phi) is 4.53. The first kappa shape index (κ1) is 15.0. The minimum absolute atomic E-state index is 0.0499. The van der Waals surface area contributed by atoms with E-state index < -0.39 is 23.6 Å². The van der Waals surface area contributed by atoms with Gasteiger partial charge in [-0.1, -0.05) is 6.42 Å². The average molecular weight is 290 g/mol. The van der Waals surface area contributed by atoms with Crippen LogP contribution in [0.5, 0.6) is 0 Å². The first-order chi connectivity index (χ1) is 10.0. The topological polar surface area (TPSA) is 90.2 Å². The predicted octanol–water partition coefficient (Wildman–Crippen LogP) is 2.53. The van der Waals surface area contributed by atoms with Crippen LogP contribution in [-0.4, -0.2) is 17.0 Å². The minimum atomic E-state index is -0.882. The van der Waals surface area contributed by atoms with Gasteiger partial charge in [0.05, 0.1) is 17.2 Å². The van der Waals surface area contributed by atoms with E-state index in [1.165, 1.54) is 6.07 Å². The lowest BCUT2D eigenvalue weighted by molar-refractivity contribution is -0.143. The highest BCUT2D eigenvalue weighted by atomic mass is 19.1. The molecule has 1 saturated carbocycles. The Hall–Kier alpha value is -2.42. The molecule has 1 fully saturated rings. The molecule has 21 heavy (non-hydrogen) atoms. The number of hydrogen-bond donors (Lipinski definition) is 2. The number of nitrogens with zero attached hydrogens (tertiary/aromatic N) is 1. The number of hydrogen-bond acceptors (Lipinski definition) is 3. The van der Waals surface area contributed by atoms with E-state index in [0.29, 0.717) is 25.7 Å². The summed E-state index contributed by atoms with van der Waals surface area (Å²) in [6.07, 6.45) is 2.19. The lowest BCUT2D eigenvalue weighted by Gasteiger charge is -2.25. The molecule has 1 aliphatic carbocycles. The van der Waals surface area contributed by atoms with Crippen LogP contribution in [-0.2, 0) is 9.59 Å². The summed E-state index contributed by atoms with van der Waals surface area (Å²) in [5.41, 5.74) is 0.301. The largest absolute Gasteiger partial charge is 0.481 e. The quantitative estimate of drug-likeness (QED) is 0.895. The lowest BCUT2D eigenvalue weighted by Crippen LogP contribution is -2.31. The fourth-order valence-electron chi connectivity index (χ4n) is 2.60. The molecule has 0 aliphatic heterocycles. The van der Waals surface area contributed by atoms with Crippen LogP contribution in [0.1, 0.15) is 31.2 Å². The van der Waals surface area contributed by atoms with E-state index in [1.54, 1.807) is 0 Å². The van der Waals surface area contributed by atoms with Crippen LogP contribution in [0.4, 0.5) is 10.1 Å². The maximum absolute atomic E-state index is 13.0. The molecule has 1 aliphatic rings. The summed E-state index contributed by atoms with van der Waals surface area (Å²) >= 11 is 0. The molecule has 110 valence electrons. The highest BCUT2D eigenvalue weighted by Gasteiger charge is 2.31. The van der Waals surface area contributed by atoms with Crippen molar-refractivity contribution in [2.75, 3.05) is 5.32 Å². The van der Waals surface area contributed by atoms with Crippen molar-refractivity contribution in [3.63, 3.8) is 0 Å². The molecule has 0 radical (unpaired) electrons. The van der Waals surface area contributed by atoms with Crippen molar-refractivity contribution in [3.8, 4) is 6.07 Å². The maximum Gasteiger partial charge on any atom is 0.306 e. The number of carbonyl (C=O) groups excluding carboxylic acids is 1. The third-order valence-corrected chi connectivity index (χ3v) is 3.75. The van der Waals surface area contributed by atoms with Crippen LogP contribution in [0.15, 0.2) is 18.2 Å². The molecule has 2 N–H and O–H groups in total. The van der Waals surface area contributed by atoms with Gasteiger partial charge in [-0.3, -0.25) is 9.59 Å². The Morgan fingerprint density at radius 1 is 1.33 bits per heavy atom. The zero-order chi connectivity index (χ0) is 15.4. The van der Waals surface area contributed by atoms with Gasteiger partial charge in [0.25, 0.3) is 0 Å². The minimum Gasteiger partial charge on any atom is -0.481 e. The number of carboxylic acids is 1. The van der Waals surface area contributed by atoms with Gasteiger partial charge in [-0.05, 0) is 37.5 Å². The Labute approximate surface area is 121 Å². The summed E-state index contributed by atoms with van der Waals surface area (Å²) in [5.74, 6) is -2.64. The second-order valence-electron chi connectivity index (χ2n) is 5.19. The molecule has 6 heteroatoms. The smallest absolute Gasteiger partial charge is 0.306 e. The van der Waals surface area contributed by atoms with Gasteiger partial charge in [0.15, 0.2) is 0 Å². The number of aliphatic carboxylic acids is 1. The van der Waals surface area contributed by atoms with Gasteiger partial charge in [0, 0.05) is 5.92 Å². The van der Waals surface area contributed by atoms with E-state index in [9.17, 15) is 14.0 Å². The fraction of sp³-hybridized carbons (Fsp3) is 0.400. The molecule has 1 amide bonds. The van der Waals surface area contributed by atoms with Gasteiger partial charge >= 0.3 is 5.97 Å². The molecule has 2 unspecified atom stereocenters. The van der Waals surface area contributed by atoms with Crippen LogP contribution in [0.25, 0.3) is 0 Å². The Morgan fingerprint density at radius 2 is 2.05 bits per heavy atom. The third kappa shape index (κ3) is 3.57. The molecule has 1 aromatic carbocycles. The van der Waals surface area contributed by atoms with E-state index in [0.717, 1.165) is 12.1 Å². The Bertz CT molecular complexity index is 609. The van der Waals surface area contributed by atoms with Crippen molar-refractivity contribution >= 4 is 17.6 Å². The first-order valence-electron chi connectivity index (χ1n) is 6.74. The number of amides is 1. The van der Waals surface area contributed by atoms with Crippen molar-refractivity contribution in [3.05, 3.63) is 29.6 Å². The van der Waals surface area contributed by atoms with E-state index >= 15 is 0 Å². The van der Waals surface area contributed by atoms with E-state index in [4.69, 9.17) is 10.4 Å². The summed E-state index contributed by atoms with van der Waals surface area (Å²) in [6.45, 7) is 0. The number of nitriles is 1. The lowest BCUT2D eigenvalue weighted by atomic mass is 9.81. The molecule has 5 nitrogen and oxygen atoms in total. The van der Waals surface area contributed by atoms with Gasteiger partial charge in [-0.2, -0.15) is 5.26 Å². The van der Waals surface area contributed by atoms with E-state index in [-0.39, 0.29) is 17.2 Å². The molecule has 0 heterocycles. The number of carboxylic acid groups (broad SMARTS) is 1. The van der Waals surface area contributed by atoms with Crippen molar-refractivity contribution in [1.82, 2.24) is 0 Å². The highest BCUT2D eigenvalue weighted by molar-refractivity contribution is 5.94. The standard InChI is InChI=1S/C15H15FN2O3/c16-12-4-5-13(11(7-12)8-17)18-14(19)9-2-1-3-10(6-9)15(20)21/h4-5,7,9-10H,1-3,6H2,(H,18,19)(H,20,21). The van der Waals surface area contributed by atoms with Gasteiger partial charge < -0.3 is 10.4 Å². The second-order valence-corrected chi connectivity index (χ2v) is 5.19. The SMILES string of the molecule is N#Cc1cc(F)ccc1NC(=O)C1CCCC(C(=O)O)C1. The Morgan fingerprint density at radius 3 is 2.71 bits per heavy atom. The first-order valence-corrected chi connectivity index (χ1v) is 6.74. The van der Waals surface area contributed by atoms with Crippen LogP contribution in [0.2, 0.25) is 0 Å². The monoisotopic (exact) mass is 290 g/mol. The van der Waals surface area contributed by atoms with Crippen molar-refractivity contribution < 1.29 is 19.1 Å². The van der Waals surface area contributed by atoms with Crippen molar-refractivity contribution in [1.29, 1.82) is 5.26 Å². The molecule has 1 aromatic rings. The number of benzene rings is 1. The number of nitrogens with one attached hydrogen (secondary N) is 1. The maximum atomic E-state index is 13.0. The van der Waals surface area contributed by atoms with E-state index in [1.807, 2.05) is 6.07 Å². The van der Waals surface area contributed by atoms with Crippen molar-refractivity contribution in [2.24, 2.45) is 11.8 Å².